The zero-order chi connectivity index (χ0) is 13.9. The van der Waals surface area contributed by atoms with Crippen molar-refractivity contribution in [1.29, 1.82) is 0 Å². The Morgan fingerprint density at radius 2 is 1.95 bits per heavy atom. The number of hydrogen-bond acceptors (Lipinski definition) is 3. The normalized spacial score (nSPS) is 22.5. The van der Waals surface area contributed by atoms with Crippen molar-refractivity contribution < 1.29 is 8.42 Å². The van der Waals surface area contributed by atoms with Gasteiger partial charge in [0.1, 0.15) is 0 Å². The zero-order valence-electron chi connectivity index (χ0n) is 11.2. The van der Waals surface area contributed by atoms with Gasteiger partial charge in [-0.1, -0.05) is 37.3 Å². The fraction of sp³-hybridized carbons (Fsp3) is 0.538. The van der Waals surface area contributed by atoms with Crippen molar-refractivity contribution in [2.45, 2.75) is 25.9 Å². The van der Waals surface area contributed by atoms with Gasteiger partial charge in [0, 0.05) is 32.2 Å². The van der Waals surface area contributed by atoms with Crippen LogP contribution in [0.5, 0.6) is 0 Å². The summed E-state index contributed by atoms with van der Waals surface area (Å²) >= 11 is 0. The smallest absolute Gasteiger partial charge is 0.277 e. The summed E-state index contributed by atoms with van der Waals surface area (Å²) in [5.74, 6) is 0. The number of nitrogens with two attached hydrogens (primary N) is 1. The predicted molar refractivity (Wildman–Crippen MR) is 75.6 cm³/mol. The fourth-order valence-corrected chi connectivity index (χ4v) is 3.52. The van der Waals surface area contributed by atoms with E-state index < -0.39 is 10.2 Å². The maximum absolute atomic E-state index is 11.5. The van der Waals surface area contributed by atoms with Crippen LogP contribution >= 0.6 is 0 Å². The van der Waals surface area contributed by atoms with E-state index in [0.717, 1.165) is 26.1 Å². The molecule has 0 saturated carbocycles. The van der Waals surface area contributed by atoms with Crippen LogP contribution < -0.4 is 5.14 Å². The lowest BCUT2D eigenvalue weighted by Crippen LogP contribution is -2.56. The molecule has 0 aliphatic carbocycles. The molecular weight excluding hydrogens is 262 g/mol. The summed E-state index contributed by atoms with van der Waals surface area (Å²) in [4.78, 5) is 2.28. The van der Waals surface area contributed by atoms with Crippen LogP contribution in [0.25, 0.3) is 0 Å². The first kappa shape index (κ1) is 14.5. The second kappa shape index (κ2) is 6.00. The van der Waals surface area contributed by atoms with E-state index in [1.165, 1.54) is 9.87 Å². The number of nitrogens with zero attached hydrogens (tertiary/aromatic N) is 2. The van der Waals surface area contributed by atoms with Gasteiger partial charge in [0.05, 0.1) is 0 Å². The standard InChI is InChI=1S/C13H21N3O2S/c1-2-13-11-15(8-9-16(13)19(14,17)18)10-12-6-4-3-5-7-12/h3-7,13H,2,8-11H2,1H3,(H2,14,17,18)/t13-/m0/s1. The molecule has 1 fully saturated rings. The Hall–Kier alpha value is -0.950. The monoisotopic (exact) mass is 283 g/mol. The Kier molecular flexibility index (Phi) is 4.57. The van der Waals surface area contributed by atoms with E-state index in [9.17, 15) is 8.42 Å². The minimum Gasteiger partial charge on any atom is -0.296 e. The first-order valence-corrected chi connectivity index (χ1v) is 8.07. The van der Waals surface area contributed by atoms with Gasteiger partial charge in [-0.25, -0.2) is 5.14 Å². The number of hydrogen-bond donors (Lipinski definition) is 1. The summed E-state index contributed by atoms with van der Waals surface area (Å²) in [5.41, 5.74) is 1.25. The van der Waals surface area contributed by atoms with Crippen molar-refractivity contribution in [3.8, 4) is 0 Å². The van der Waals surface area contributed by atoms with Crippen molar-refractivity contribution in [3.05, 3.63) is 35.9 Å². The Morgan fingerprint density at radius 3 is 2.53 bits per heavy atom. The van der Waals surface area contributed by atoms with Gasteiger partial charge in [0.2, 0.25) is 0 Å². The highest BCUT2D eigenvalue weighted by atomic mass is 32.2. The van der Waals surface area contributed by atoms with E-state index >= 15 is 0 Å². The average molecular weight is 283 g/mol. The first-order valence-electron chi connectivity index (χ1n) is 6.56. The molecule has 1 aliphatic heterocycles. The van der Waals surface area contributed by atoms with Gasteiger partial charge < -0.3 is 0 Å². The van der Waals surface area contributed by atoms with Crippen LogP contribution in [-0.2, 0) is 16.8 Å². The Bertz CT molecular complexity index is 504. The van der Waals surface area contributed by atoms with E-state index in [0.29, 0.717) is 6.54 Å². The molecule has 1 saturated heterocycles. The van der Waals surface area contributed by atoms with Crippen LogP contribution in [0.15, 0.2) is 30.3 Å². The molecule has 1 aliphatic rings. The second-order valence-electron chi connectivity index (χ2n) is 4.94. The van der Waals surface area contributed by atoms with Crippen molar-refractivity contribution in [3.63, 3.8) is 0 Å². The summed E-state index contributed by atoms with van der Waals surface area (Å²) in [6.07, 6.45) is 0.779. The highest BCUT2D eigenvalue weighted by Crippen LogP contribution is 2.17. The molecule has 1 aromatic rings. The molecular formula is C13H21N3O2S. The van der Waals surface area contributed by atoms with Crippen LogP contribution in [0.2, 0.25) is 0 Å². The molecule has 2 N–H and O–H groups in total. The topological polar surface area (TPSA) is 66.6 Å². The van der Waals surface area contributed by atoms with Gasteiger partial charge in [-0.3, -0.25) is 4.90 Å². The number of benzene rings is 1. The van der Waals surface area contributed by atoms with Gasteiger partial charge >= 0.3 is 0 Å². The summed E-state index contributed by atoms with van der Waals surface area (Å²) in [5, 5.41) is 5.25. The summed E-state index contributed by atoms with van der Waals surface area (Å²) in [6.45, 7) is 4.79. The van der Waals surface area contributed by atoms with Gasteiger partial charge in [-0.05, 0) is 12.0 Å². The van der Waals surface area contributed by atoms with Crippen molar-refractivity contribution in [2.24, 2.45) is 5.14 Å². The second-order valence-corrected chi connectivity index (χ2v) is 6.44. The molecule has 106 valence electrons. The molecule has 0 aromatic heterocycles. The molecule has 0 radical (unpaired) electrons. The Balaban J connectivity index is 2.01. The van der Waals surface area contributed by atoms with Crippen molar-refractivity contribution in [2.75, 3.05) is 19.6 Å². The first-order chi connectivity index (χ1) is 9.00. The lowest BCUT2D eigenvalue weighted by atomic mass is 10.1. The summed E-state index contributed by atoms with van der Waals surface area (Å²) in [6, 6.07) is 10.2. The van der Waals surface area contributed by atoms with Crippen LogP contribution in [0.4, 0.5) is 0 Å². The van der Waals surface area contributed by atoms with Crippen LogP contribution in [0.1, 0.15) is 18.9 Å². The maximum atomic E-state index is 11.5. The lowest BCUT2D eigenvalue weighted by molar-refractivity contribution is 0.126. The molecule has 0 spiro atoms. The minimum atomic E-state index is -3.58. The SMILES string of the molecule is CC[C@H]1CN(Cc2ccccc2)CCN1S(N)(=O)=O. The highest BCUT2D eigenvalue weighted by molar-refractivity contribution is 7.86. The number of piperazine rings is 1. The maximum Gasteiger partial charge on any atom is 0.277 e. The molecule has 0 unspecified atom stereocenters. The van der Waals surface area contributed by atoms with Gasteiger partial charge in [0.15, 0.2) is 0 Å². The predicted octanol–water partition coefficient (Wildman–Crippen LogP) is 0.786. The Morgan fingerprint density at radius 1 is 1.26 bits per heavy atom. The van der Waals surface area contributed by atoms with Crippen LogP contribution in [-0.4, -0.2) is 43.3 Å². The molecule has 1 atom stereocenters. The fourth-order valence-electron chi connectivity index (χ4n) is 2.56. The van der Waals surface area contributed by atoms with Crippen molar-refractivity contribution >= 4 is 10.2 Å². The molecule has 19 heavy (non-hydrogen) atoms. The molecule has 1 aromatic carbocycles. The lowest BCUT2D eigenvalue weighted by Gasteiger charge is -2.39. The van der Waals surface area contributed by atoms with Gasteiger partial charge in [0.25, 0.3) is 10.2 Å². The molecule has 5 nitrogen and oxygen atoms in total. The van der Waals surface area contributed by atoms with Crippen LogP contribution in [0.3, 0.4) is 0 Å². The third-order valence-corrected chi connectivity index (χ3v) is 4.69. The minimum absolute atomic E-state index is 0.0209. The van der Waals surface area contributed by atoms with E-state index in [1.54, 1.807) is 0 Å². The van der Waals surface area contributed by atoms with E-state index in [4.69, 9.17) is 5.14 Å². The average Bonchev–Trinajstić information content (AvgIpc) is 2.38. The van der Waals surface area contributed by atoms with Crippen molar-refractivity contribution in [1.82, 2.24) is 9.21 Å². The van der Waals surface area contributed by atoms with Crippen LogP contribution in [0, 0.1) is 0 Å². The molecule has 2 rings (SSSR count). The largest absolute Gasteiger partial charge is 0.296 e. The highest BCUT2D eigenvalue weighted by Gasteiger charge is 2.31. The number of rotatable bonds is 4. The molecule has 0 amide bonds. The summed E-state index contributed by atoms with van der Waals surface area (Å²) in [7, 11) is -3.58. The molecule has 1 heterocycles. The van der Waals surface area contributed by atoms with E-state index in [-0.39, 0.29) is 6.04 Å². The Labute approximate surface area is 115 Å². The summed E-state index contributed by atoms with van der Waals surface area (Å²) < 4.78 is 24.4. The third kappa shape index (κ3) is 3.76. The molecule has 0 bridgehead atoms. The van der Waals surface area contributed by atoms with Gasteiger partial charge in [-0.2, -0.15) is 12.7 Å². The van der Waals surface area contributed by atoms with Gasteiger partial charge in [-0.15, -0.1) is 0 Å². The third-order valence-electron chi connectivity index (χ3n) is 3.56. The quantitative estimate of drug-likeness (QED) is 0.888. The van der Waals surface area contributed by atoms with E-state index in [2.05, 4.69) is 17.0 Å². The zero-order valence-corrected chi connectivity index (χ0v) is 12.0. The van der Waals surface area contributed by atoms with E-state index in [1.807, 2.05) is 25.1 Å². The molecule has 6 heteroatoms.